The van der Waals surface area contributed by atoms with Gasteiger partial charge >= 0.3 is 6.18 Å². The van der Waals surface area contributed by atoms with Crippen LogP contribution in [0.1, 0.15) is 34.8 Å². The van der Waals surface area contributed by atoms with E-state index in [9.17, 15) is 18.0 Å². The molecular weight excluding hydrogens is 399 g/mol. The molecule has 0 bridgehead atoms. The molecule has 1 aromatic carbocycles. The topological polar surface area (TPSA) is 107 Å². The van der Waals surface area contributed by atoms with Gasteiger partial charge in [0.1, 0.15) is 5.02 Å². The third-order valence-electron chi connectivity index (χ3n) is 3.74. The average molecular weight is 412 g/mol. The molecular formula is C17H13ClF3N5O2. The lowest BCUT2D eigenvalue weighted by molar-refractivity contribution is -0.137. The second-order valence-electron chi connectivity index (χ2n) is 5.72. The van der Waals surface area contributed by atoms with Gasteiger partial charge in [-0.25, -0.2) is 9.97 Å². The Morgan fingerprint density at radius 2 is 2.04 bits per heavy atom. The van der Waals surface area contributed by atoms with Crippen molar-refractivity contribution in [2.24, 2.45) is 5.73 Å². The van der Waals surface area contributed by atoms with Crippen molar-refractivity contribution >= 4 is 17.5 Å². The Morgan fingerprint density at radius 1 is 1.32 bits per heavy atom. The third kappa shape index (κ3) is 4.06. The molecule has 28 heavy (non-hydrogen) atoms. The van der Waals surface area contributed by atoms with Crippen LogP contribution < -0.4 is 10.5 Å². The number of pyridine rings is 1. The molecule has 3 aromatic rings. The van der Waals surface area contributed by atoms with E-state index in [4.69, 9.17) is 22.1 Å². The highest BCUT2D eigenvalue weighted by atomic mass is 35.5. The van der Waals surface area contributed by atoms with E-state index in [0.29, 0.717) is 0 Å². The van der Waals surface area contributed by atoms with Crippen molar-refractivity contribution in [3.8, 4) is 17.3 Å². The summed E-state index contributed by atoms with van der Waals surface area (Å²) in [6.07, 6.45) is -4.11. The number of alkyl halides is 3. The standard InChI is InChI=1S/C17H13ClF3N5O2/c1-8(28-16-12(18)6-9(7-23-16)13(22)27)14-24-15(26-25-14)10-4-2-3-5-11(10)17(19,20)21/h2-8H,1H3,(H2,22,27)(H,24,25,26)/t8-/m0/s1. The van der Waals surface area contributed by atoms with Gasteiger partial charge in [0.2, 0.25) is 11.8 Å². The minimum Gasteiger partial charge on any atom is -0.465 e. The molecule has 11 heteroatoms. The fraction of sp³-hybridized carbons (Fsp3) is 0.176. The molecule has 1 atom stereocenters. The van der Waals surface area contributed by atoms with Gasteiger partial charge in [-0.05, 0) is 19.1 Å². The number of hydrogen-bond donors (Lipinski definition) is 2. The van der Waals surface area contributed by atoms with Gasteiger partial charge in [-0.3, -0.25) is 9.89 Å². The number of rotatable bonds is 5. The summed E-state index contributed by atoms with van der Waals surface area (Å²) in [5, 5.41) is 6.45. The second kappa shape index (κ2) is 7.47. The van der Waals surface area contributed by atoms with E-state index in [1.807, 2.05) is 0 Å². The number of carbonyl (C=O) groups excluding carboxylic acids is 1. The highest BCUT2D eigenvalue weighted by molar-refractivity contribution is 6.32. The molecule has 0 fully saturated rings. The van der Waals surface area contributed by atoms with Gasteiger partial charge < -0.3 is 10.5 Å². The number of amides is 1. The van der Waals surface area contributed by atoms with Gasteiger partial charge in [0.15, 0.2) is 17.8 Å². The van der Waals surface area contributed by atoms with Gasteiger partial charge in [0.25, 0.3) is 0 Å². The number of ether oxygens (including phenoxy) is 1. The van der Waals surface area contributed by atoms with Crippen LogP contribution in [0.25, 0.3) is 11.4 Å². The number of aromatic nitrogens is 4. The molecule has 0 saturated carbocycles. The number of aromatic amines is 1. The van der Waals surface area contributed by atoms with Crippen LogP contribution in [-0.2, 0) is 6.18 Å². The minimum absolute atomic E-state index is 0.00723. The first kappa shape index (κ1) is 19.6. The Bertz CT molecular complexity index is 1020. The molecule has 0 spiro atoms. The predicted octanol–water partition coefficient (Wildman–Crippen LogP) is 3.78. The monoisotopic (exact) mass is 411 g/mol. The van der Waals surface area contributed by atoms with Crippen LogP contribution in [0.3, 0.4) is 0 Å². The van der Waals surface area contributed by atoms with E-state index < -0.39 is 23.8 Å². The molecule has 3 rings (SSSR count). The predicted molar refractivity (Wildman–Crippen MR) is 93.6 cm³/mol. The molecule has 2 aromatic heterocycles. The number of nitrogens with two attached hydrogens (primary N) is 1. The Hall–Kier alpha value is -3.14. The zero-order chi connectivity index (χ0) is 20.5. The summed E-state index contributed by atoms with van der Waals surface area (Å²) >= 11 is 6.01. The molecule has 1 amide bonds. The normalized spacial score (nSPS) is 12.6. The van der Waals surface area contributed by atoms with Crippen LogP contribution in [0.2, 0.25) is 5.02 Å². The number of carbonyl (C=O) groups is 1. The van der Waals surface area contributed by atoms with Crippen molar-refractivity contribution in [3.63, 3.8) is 0 Å². The van der Waals surface area contributed by atoms with E-state index in [2.05, 4.69) is 20.2 Å². The average Bonchev–Trinajstić information content (AvgIpc) is 3.12. The Morgan fingerprint density at radius 3 is 2.68 bits per heavy atom. The first-order valence-electron chi connectivity index (χ1n) is 7.87. The lowest BCUT2D eigenvalue weighted by Crippen LogP contribution is -2.12. The van der Waals surface area contributed by atoms with Crippen molar-refractivity contribution in [2.45, 2.75) is 19.2 Å². The number of halogens is 4. The van der Waals surface area contributed by atoms with Crippen LogP contribution in [0.15, 0.2) is 36.5 Å². The van der Waals surface area contributed by atoms with Gasteiger partial charge in [-0.2, -0.15) is 18.3 Å². The maximum absolute atomic E-state index is 13.2. The largest absolute Gasteiger partial charge is 0.465 e. The van der Waals surface area contributed by atoms with E-state index >= 15 is 0 Å². The second-order valence-corrected chi connectivity index (χ2v) is 6.13. The molecule has 146 valence electrons. The van der Waals surface area contributed by atoms with Gasteiger partial charge in [-0.15, -0.1) is 0 Å². The molecule has 0 aliphatic rings. The molecule has 2 heterocycles. The number of nitrogens with one attached hydrogen (secondary N) is 1. The quantitative estimate of drug-likeness (QED) is 0.664. The molecule has 0 aliphatic heterocycles. The van der Waals surface area contributed by atoms with E-state index in [-0.39, 0.29) is 33.7 Å². The summed E-state index contributed by atoms with van der Waals surface area (Å²) in [6, 6.07) is 6.28. The summed E-state index contributed by atoms with van der Waals surface area (Å²) in [7, 11) is 0. The van der Waals surface area contributed by atoms with Gasteiger partial charge in [0.05, 0.1) is 11.1 Å². The summed E-state index contributed by atoms with van der Waals surface area (Å²) in [5.74, 6) is -0.643. The lowest BCUT2D eigenvalue weighted by atomic mass is 10.1. The van der Waals surface area contributed by atoms with Crippen LogP contribution in [0.4, 0.5) is 13.2 Å². The molecule has 0 radical (unpaired) electrons. The smallest absolute Gasteiger partial charge is 0.417 e. The summed E-state index contributed by atoms with van der Waals surface area (Å²) in [6.45, 7) is 1.58. The van der Waals surface area contributed by atoms with Crippen LogP contribution in [-0.4, -0.2) is 26.1 Å². The summed E-state index contributed by atoms with van der Waals surface area (Å²) in [4.78, 5) is 19.1. The maximum atomic E-state index is 13.2. The SMILES string of the molecule is C[C@H](Oc1ncc(C(N)=O)cc1Cl)c1nc(-c2ccccc2C(F)(F)F)n[nH]1. The fourth-order valence-electron chi connectivity index (χ4n) is 2.37. The van der Waals surface area contributed by atoms with E-state index in [1.54, 1.807) is 6.92 Å². The lowest BCUT2D eigenvalue weighted by Gasteiger charge is -2.12. The van der Waals surface area contributed by atoms with Crippen molar-refractivity contribution in [1.29, 1.82) is 0 Å². The van der Waals surface area contributed by atoms with E-state index in [0.717, 1.165) is 6.07 Å². The van der Waals surface area contributed by atoms with Crippen LogP contribution >= 0.6 is 11.6 Å². The van der Waals surface area contributed by atoms with Crippen LogP contribution in [0, 0.1) is 0 Å². The fourth-order valence-corrected chi connectivity index (χ4v) is 2.58. The van der Waals surface area contributed by atoms with Crippen molar-refractivity contribution in [1.82, 2.24) is 20.2 Å². The van der Waals surface area contributed by atoms with Crippen molar-refractivity contribution in [2.75, 3.05) is 0 Å². The van der Waals surface area contributed by atoms with Crippen molar-refractivity contribution < 1.29 is 22.7 Å². The number of H-pyrrole nitrogens is 1. The number of hydrogen-bond acceptors (Lipinski definition) is 5. The minimum atomic E-state index is -4.54. The molecule has 0 aliphatic carbocycles. The summed E-state index contributed by atoms with van der Waals surface area (Å²) in [5.41, 5.74) is 4.24. The number of nitrogens with zero attached hydrogens (tertiary/aromatic N) is 3. The zero-order valence-electron chi connectivity index (χ0n) is 14.3. The highest BCUT2D eigenvalue weighted by Crippen LogP contribution is 2.36. The summed E-state index contributed by atoms with van der Waals surface area (Å²) < 4.78 is 45.1. The highest BCUT2D eigenvalue weighted by Gasteiger charge is 2.34. The number of primary amides is 1. The Kier molecular flexibility index (Phi) is 5.23. The van der Waals surface area contributed by atoms with E-state index in [1.165, 1.54) is 30.5 Å². The Labute approximate surface area is 161 Å². The first-order chi connectivity index (χ1) is 13.2. The van der Waals surface area contributed by atoms with Crippen molar-refractivity contribution in [3.05, 3.63) is 58.5 Å². The zero-order valence-corrected chi connectivity index (χ0v) is 15.0. The molecule has 3 N–H and O–H groups in total. The maximum Gasteiger partial charge on any atom is 0.417 e. The third-order valence-corrected chi connectivity index (χ3v) is 4.01. The van der Waals surface area contributed by atoms with Gasteiger partial charge in [-0.1, -0.05) is 29.8 Å². The molecule has 0 saturated heterocycles. The molecule has 7 nitrogen and oxygen atoms in total. The first-order valence-corrected chi connectivity index (χ1v) is 8.25. The molecule has 0 unspecified atom stereocenters. The number of benzene rings is 1. The van der Waals surface area contributed by atoms with Crippen LogP contribution in [0.5, 0.6) is 5.88 Å². The Balaban J connectivity index is 1.84. The van der Waals surface area contributed by atoms with Gasteiger partial charge in [0, 0.05) is 11.8 Å².